The van der Waals surface area contributed by atoms with Gasteiger partial charge in [-0.2, -0.15) is 0 Å². The van der Waals surface area contributed by atoms with E-state index in [0.717, 1.165) is 54.0 Å². The molecular formula is C34H40N4O6. The molecule has 7 rings (SSSR count). The molecule has 4 aliphatic rings. The Bertz CT molecular complexity index is 1510. The first-order chi connectivity index (χ1) is 21.2. The van der Waals surface area contributed by atoms with Crippen LogP contribution < -0.4 is 16.0 Å². The van der Waals surface area contributed by atoms with Crippen LogP contribution in [0.3, 0.4) is 0 Å². The van der Waals surface area contributed by atoms with Gasteiger partial charge in [-0.25, -0.2) is 4.79 Å². The third kappa shape index (κ3) is 6.44. The zero-order valence-corrected chi connectivity index (χ0v) is 24.9. The second kappa shape index (κ2) is 12.3. The van der Waals surface area contributed by atoms with Gasteiger partial charge >= 0.3 is 12.1 Å². The Balaban J connectivity index is 1.20. The molecule has 0 unspecified atom stereocenters. The number of carbonyl (C=O) groups is 4. The molecule has 2 aromatic carbocycles. The van der Waals surface area contributed by atoms with Gasteiger partial charge in [0.15, 0.2) is 0 Å². The largest absolute Gasteiger partial charge is 0.481 e. The minimum atomic E-state index is -1.39. The van der Waals surface area contributed by atoms with Crippen LogP contribution in [0.15, 0.2) is 60.8 Å². The lowest BCUT2D eigenvalue weighted by atomic mass is 9.55. The Morgan fingerprint density at radius 1 is 0.955 bits per heavy atom. The Labute approximate surface area is 256 Å². The van der Waals surface area contributed by atoms with Crippen molar-refractivity contribution in [1.82, 2.24) is 20.9 Å². The minimum absolute atomic E-state index is 0.00996. The fourth-order valence-corrected chi connectivity index (χ4v) is 8.00. The van der Waals surface area contributed by atoms with Gasteiger partial charge in [0.1, 0.15) is 18.1 Å². The summed E-state index contributed by atoms with van der Waals surface area (Å²) in [7, 11) is 0. The monoisotopic (exact) mass is 600 g/mol. The lowest BCUT2D eigenvalue weighted by Crippen LogP contribution is -2.60. The smallest absolute Gasteiger partial charge is 0.408 e. The molecule has 0 aliphatic heterocycles. The summed E-state index contributed by atoms with van der Waals surface area (Å²) in [6.07, 6.45) is 6.34. The van der Waals surface area contributed by atoms with Crippen molar-refractivity contribution in [2.45, 2.75) is 69.6 Å². The molecule has 4 bridgehead atoms. The number of amides is 3. The van der Waals surface area contributed by atoms with E-state index in [0.29, 0.717) is 17.4 Å². The molecule has 232 valence electrons. The average Bonchev–Trinajstić information content (AvgIpc) is 3.39. The van der Waals surface area contributed by atoms with Crippen LogP contribution in [0.4, 0.5) is 4.79 Å². The van der Waals surface area contributed by atoms with Crippen LogP contribution in [0.2, 0.25) is 0 Å². The highest BCUT2D eigenvalue weighted by atomic mass is 16.6. The third-order valence-corrected chi connectivity index (χ3v) is 9.80. The van der Waals surface area contributed by atoms with Crippen LogP contribution in [0.1, 0.15) is 62.6 Å². The normalized spacial score (nSPS) is 25.5. The highest BCUT2D eigenvalue weighted by molar-refractivity contribution is 5.94. The quantitative estimate of drug-likeness (QED) is 0.205. The van der Waals surface area contributed by atoms with Gasteiger partial charge in [0.05, 0.1) is 6.04 Å². The summed E-state index contributed by atoms with van der Waals surface area (Å²) in [5.41, 5.74) is 1.11. The molecule has 5 N–H and O–H groups in total. The molecular weight excluding hydrogens is 560 g/mol. The molecule has 4 fully saturated rings. The Morgan fingerprint density at radius 2 is 1.61 bits per heavy atom. The van der Waals surface area contributed by atoms with E-state index in [4.69, 9.17) is 9.84 Å². The number of H-pyrrole nitrogens is 1. The van der Waals surface area contributed by atoms with Gasteiger partial charge in [0.2, 0.25) is 11.8 Å². The fraction of sp³-hybridized carbons (Fsp3) is 0.471. The summed E-state index contributed by atoms with van der Waals surface area (Å²) in [6.45, 7) is 1.67. The number of alkyl carbamates (subject to hydrolysis) is 1. The highest BCUT2D eigenvalue weighted by Gasteiger charge is 2.50. The predicted molar refractivity (Wildman–Crippen MR) is 163 cm³/mol. The zero-order chi connectivity index (χ0) is 30.8. The number of hydrogen-bond donors (Lipinski definition) is 5. The zero-order valence-electron chi connectivity index (χ0n) is 24.9. The van der Waals surface area contributed by atoms with Gasteiger partial charge in [0, 0.05) is 30.1 Å². The summed E-state index contributed by atoms with van der Waals surface area (Å²) in [6, 6.07) is 16.1. The molecule has 10 heteroatoms. The number of carboxylic acid groups (broad SMARTS) is 1. The topological polar surface area (TPSA) is 150 Å². The van der Waals surface area contributed by atoms with E-state index in [2.05, 4.69) is 20.9 Å². The number of aromatic amines is 1. The number of hydrogen-bond acceptors (Lipinski definition) is 5. The first-order valence-corrected chi connectivity index (χ1v) is 15.5. The van der Waals surface area contributed by atoms with E-state index in [1.54, 1.807) is 31.2 Å². The minimum Gasteiger partial charge on any atom is -0.481 e. The molecule has 10 nitrogen and oxygen atoms in total. The van der Waals surface area contributed by atoms with E-state index >= 15 is 0 Å². The fourth-order valence-electron chi connectivity index (χ4n) is 8.00. The first kappa shape index (κ1) is 29.7. The van der Waals surface area contributed by atoms with Crippen molar-refractivity contribution in [3.63, 3.8) is 0 Å². The summed E-state index contributed by atoms with van der Waals surface area (Å²) >= 11 is 0. The molecule has 0 radical (unpaired) electrons. The maximum absolute atomic E-state index is 14.0. The van der Waals surface area contributed by atoms with Crippen molar-refractivity contribution in [2.24, 2.45) is 23.7 Å². The van der Waals surface area contributed by atoms with E-state index in [1.807, 2.05) is 36.5 Å². The molecule has 0 saturated heterocycles. The highest BCUT2D eigenvalue weighted by Crippen LogP contribution is 2.54. The van der Waals surface area contributed by atoms with Gasteiger partial charge in [-0.05, 0) is 79.9 Å². The standard InChI is InChI=1S/C34H40N4O6/c1-34(17-25-18-35-27-10-6-5-9-26(25)27,38-33(43)44-31-23-12-20-11-21(14-23)15-24(31)13-20)32(42)36-19-28(22-7-3-2-4-8-22)37-29(39)16-30(40)41/h2-10,18,20-21,23-24,28,31,35H,11-17,19H2,1H3,(H,36,42)(H,37,39)(H,38,43)(H,40,41)/t20?,21?,23?,24?,28-,31?,34+/m0/s1. The van der Waals surface area contributed by atoms with Gasteiger partial charge in [-0.3, -0.25) is 14.4 Å². The maximum atomic E-state index is 14.0. The molecule has 4 saturated carbocycles. The molecule has 3 amide bonds. The van der Waals surface area contributed by atoms with Crippen LogP contribution in [0.5, 0.6) is 0 Å². The van der Waals surface area contributed by atoms with Crippen molar-refractivity contribution < 1.29 is 29.0 Å². The molecule has 1 heterocycles. The average molecular weight is 601 g/mol. The first-order valence-electron chi connectivity index (χ1n) is 15.5. The van der Waals surface area contributed by atoms with Crippen LogP contribution in [-0.4, -0.2) is 52.2 Å². The summed E-state index contributed by atoms with van der Waals surface area (Å²) in [5, 5.41) is 18.6. The van der Waals surface area contributed by atoms with Crippen molar-refractivity contribution in [3.05, 3.63) is 71.9 Å². The van der Waals surface area contributed by atoms with Crippen LogP contribution in [-0.2, 0) is 25.5 Å². The van der Waals surface area contributed by atoms with Gasteiger partial charge in [-0.15, -0.1) is 0 Å². The second-order valence-corrected chi connectivity index (χ2v) is 13.1. The Hall–Kier alpha value is -4.34. The molecule has 0 spiro atoms. The van der Waals surface area contributed by atoms with E-state index < -0.39 is 41.9 Å². The molecule has 44 heavy (non-hydrogen) atoms. The lowest BCUT2D eigenvalue weighted by Gasteiger charge is -2.53. The van der Waals surface area contributed by atoms with E-state index in [1.165, 1.54) is 6.42 Å². The number of carboxylic acids is 1. The van der Waals surface area contributed by atoms with E-state index in [9.17, 15) is 19.2 Å². The number of aromatic nitrogens is 1. The number of benzene rings is 2. The molecule has 4 aliphatic carbocycles. The van der Waals surface area contributed by atoms with Crippen LogP contribution in [0, 0.1) is 23.7 Å². The lowest BCUT2D eigenvalue weighted by molar-refractivity contribution is -0.141. The number of nitrogens with one attached hydrogen (secondary N) is 4. The van der Waals surface area contributed by atoms with Crippen molar-refractivity contribution in [2.75, 3.05) is 6.54 Å². The van der Waals surface area contributed by atoms with Gasteiger partial charge in [0.25, 0.3) is 0 Å². The number of fused-ring (bicyclic) bond motifs is 1. The Kier molecular flexibility index (Phi) is 8.33. The molecule has 1 aromatic heterocycles. The van der Waals surface area contributed by atoms with Gasteiger partial charge < -0.3 is 30.8 Å². The van der Waals surface area contributed by atoms with E-state index in [-0.39, 0.29) is 19.1 Å². The molecule has 2 atom stereocenters. The summed E-state index contributed by atoms with van der Waals surface area (Å²) in [4.78, 5) is 54.2. The van der Waals surface area contributed by atoms with Crippen molar-refractivity contribution in [1.29, 1.82) is 0 Å². The number of ether oxygens (including phenoxy) is 1. The van der Waals surface area contributed by atoms with Crippen molar-refractivity contribution >= 4 is 34.8 Å². The number of aliphatic carboxylic acids is 1. The SMILES string of the molecule is C[C@](Cc1c[nH]c2ccccc12)(NC(=O)OC1C2CC3CC(C2)CC1C3)C(=O)NC[C@H](NC(=O)CC(=O)O)c1ccccc1. The van der Waals surface area contributed by atoms with Crippen LogP contribution >= 0.6 is 0 Å². The number of para-hydroxylation sites is 1. The Morgan fingerprint density at radius 3 is 2.30 bits per heavy atom. The third-order valence-electron chi connectivity index (χ3n) is 9.80. The van der Waals surface area contributed by atoms with Crippen LogP contribution in [0.25, 0.3) is 10.9 Å². The molecule has 3 aromatic rings. The predicted octanol–water partition coefficient (Wildman–Crippen LogP) is 4.47. The number of carbonyl (C=O) groups excluding carboxylic acids is 3. The van der Waals surface area contributed by atoms with Crippen molar-refractivity contribution in [3.8, 4) is 0 Å². The van der Waals surface area contributed by atoms with Gasteiger partial charge in [-0.1, -0.05) is 48.5 Å². The summed E-state index contributed by atoms with van der Waals surface area (Å²) < 4.78 is 6.11. The number of rotatable bonds is 11. The maximum Gasteiger partial charge on any atom is 0.408 e. The summed E-state index contributed by atoms with van der Waals surface area (Å²) in [5.74, 6) is -0.110. The second-order valence-electron chi connectivity index (χ2n) is 13.1.